The van der Waals surface area contributed by atoms with Gasteiger partial charge >= 0.3 is 6.61 Å². The van der Waals surface area contributed by atoms with E-state index in [9.17, 15) is 8.78 Å². The van der Waals surface area contributed by atoms with Crippen molar-refractivity contribution >= 4 is 0 Å². The van der Waals surface area contributed by atoms with Crippen molar-refractivity contribution in [2.24, 2.45) is 5.92 Å². The molecule has 4 rings (SSSR count). The minimum Gasteiger partial charge on any atom is -0.435 e. The second kappa shape index (κ2) is 6.52. The molecule has 4 heteroatoms. The highest BCUT2D eigenvalue weighted by atomic mass is 19.3. The highest BCUT2D eigenvalue weighted by Crippen LogP contribution is 2.41. The number of nitrogens with zero attached hydrogens (tertiary/aromatic N) is 1. The molecule has 0 amide bonds. The van der Waals surface area contributed by atoms with Crippen molar-refractivity contribution < 1.29 is 13.5 Å². The van der Waals surface area contributed by atoms with Crippen molar-refractivity contribution in [1.82, 2.24) is 4.90 Å². The van der Waals surface area contributed by atoms with E-state index in [1.807, 2.05) is 18.2 Å². The fourth-order valence-corrected chi connectivity index (χ4v) is 4.29. The molecule has 2 bridgehead atoms. The van der Waals surface area contributed by atoms with E-state index >= 15 is 0 Å². The third-order valence-electron chi connectivity index (χ3n) is 5.15. The Bertz CT molecular complexity index is 704. The van der Waals surface area contributed by atoms with Crippen molar-refractivity contribution in [2.75, 3.05) is 13.1 Å². The van der Waals surface area contributed by atoms with E-state index in [0.29, 0.717) is 11.8 Å². The van der Waals surface area contributed by atoms with Gasteiger partial charge in [-0.25, -0.2) is 0 Å². The van der Waals surface area contributed by atoms with E-state index < -0.39 is 6.61 Å². The van der Waals surface area contributed by atoms with Crippen LogP contribution in [0.15, 0.2) is 48.5 Å². The first kappa shape index (κ1) is 15.6. The van der Waals surface area contributed by atoms with E-state index in [-0.39, 0.29) is 5.75 Å². The molecular weight excluding hydrogens is 308 g/mol. The predicted molar refractivity (Wildman–Crippen MR) is 89.3 cm³/mol. The summed E-state index contributed by atoms with van der Waals surface area (Å²) in [5.41, 5.74) is 3.85. The number of piperidine rings is 1. The Hall–Kier alpha value is -1.94. The van der Waals surface area contributed by atoms with Crippen molar-refractivity contribution in [3.8, 4) is 5.75 Å². The molecule has 0 saturated carbocycles. The van der Waals surface area contributed by atoms with Gasteiger partial charge in [-0.1, -0.05) is 36.4 Å². The van der Waals surface area contributed by atoms with Gasteiger partial charge in [-0.3, -0.25) is 4.90 Å². The molecule has 1 heterocycles. The SMILES string of the molecule is FC(F)Oc1ccc2c(c1)CC1CC2CN(Cc2ccccc2)C1. The van der Waals surface area contributed by atoms with Crippen LogP contribution in [-0.4, -0.2) is 24.6 Å². The monoisotopic (exact) mass is 329 g/mol. The van der Waals surface area contributed by atoms with Crippen LogP contribution in [0.5, 0.6) is 5.75 Å². The average Bonchev–Trinajstić information content (AvgIpc) is 2.54. The van der Waals surface area contributed by atoms with Crippen LogP contribution in [0.2, 0.25) is 0 Å². The molecular formula is C20H21F2NO. The number of fused-ring (bicyclic) bond motifs is 4. The highest BCUT2D eigenvalue weighted by Gasteiger charge is 2.34. The number of likely N-dealkylation sites (tertiary alicyclic amines) is 1. The number of alkyl halides is 2. The summed E-state index contributed by atoms with van der Waals surface area (Å²) >= 11 is 0. The fourth-order valence-electron chi connectivity index (χ4n) is 4.29. The summed E-state index contributed by atoms with van der Waals surface area (Å²) in [5, 5.41) is 0. The maximum absolute atomic E-state index is 12.4. The van der Waals surface area contributed by atoms with Crippen molar-refractivity contribution in [1.29, 1.82) is 0 Å². The van der Waals surface area contributed by atoms with E-state index in [1.54, 1.807) is 6.07 Å². The molecule has 2 nitrogen and oxygen atoms in total. The summed E-state index contributed by atoms with van der Waals surface area (Å²) in [4.78, 5) is 2.53. The lowest BCUT2D eigenvalue weighted by Crippen LogP contribution is -2.42. The molecule has 2 aromatic carbocycles. The largest absolute Gasteiger partial charge is 0.435 e. The van der Waals surface area contributed by atoms with Gasteiger partial charge in [0.2, 0.25) is 0 Å². The van der Waals surface area contributed by atoms with Crippen LogP contribution < -0.4 is 4.74 Å². The average molecular weight is 329 g/mol. The molecule has 2 aromatic rings. The van der Waals surface area contributed by atoms with Gasteiger partial charge in [0.15, 0.2) is 0 Å². The molecule has 126 valence electrons. The molecule has 0 N–H and O–H groups in total. The number of ether oxygens (including phenoxy) is 1. The normalized spacial score (nSPS) is 23.1. The van der Waals surface area contributed by atoms with Gasteiger partial charge < -0.3 is 4.74 Å². The minimum absolute atomic E-state index is 0.282. The van der Waals surface area contributed by atoms with Gasteiger partial charge in [0, 0.05) is 19.6 Å². The predicted octanol–water partition coefficient (Wildman–Crippen LogP) is 4.45. The molecule has 0 aromatic heterocycles. The summed E-state index contributed by atoms with van der Waals surface area (Å²) in [6, 6.07) is 16.0. The Morgan fingerprint density at radius 1 is 1.08 bits per heavy atom. The molecule has 0 spiro atoms. The lowest BCUT2D eigenvalue weighted by Gasteiger charge is -2.42. The zero-order valence-corrected chi connectivity index (χ0v) is 13.5. The maximum Gasteiger partial charge on any atom is 0.387 e. The van der Waals surface area contributed by atoms with Crippen LogP contribution in [0.3, 0.4) is 0 Å². The lowest BCUT2D eigenvalue weighted by atomic mass is 9.74. The molecule has 1 saturated heterocycles. The fraction of sp³-hybridized carbons (Fsp3) is 0.400. The number of halogens is 2. The molecule has 2 aliphatic rings. The summed E-state index contributed by atoms with van der Waals surface area (Å²) in [7, 11) is 0. The smallest absolute Gasteiger partial charge is 0.387 e. The zero-order valence-electron chi connectivity index (χ0n) is 13.5. The second-order valence-corrected chi connectivity index (χ2v) is 6.92. The summed E-state index contributed by atoms with van der Waals surface area (Å²) in [6.07, 6.45) is 2.16. The quantitative estimate of drug-likeness (QED) is 0.822. The first-order chi connectivity index (χ1) is 11.7. The Kier molecular flexibility index (Phi) is 4.23. The summed E-state index contributed by atoms with van der Waals surface area (Å²) in [6.45, 7) is 0.334. The third-order valence-corrected chi connectivity index (χ3v) is 5.15. The topological polar surface area (TPSA) is 12.5 Å². The first-order valence-corrected chi connectivity index (χ1v) is 8.51. The minimum atomic E-state index is -2.76. The first-order valence-electron chi connectivity index (χ1n) is 8.51. The summed E-state index contributed by atoms with van der Waals surface area (Å²) in [5.74, 6) is 1.38. The van der Waals surface area contributed by atoms with Gasteiger partial charge in [-0.15, -0.1) is 0 Å². The van der Waals surface area contributed by atoms with E-state index in [4.69, 9.17) is 0 Å². The van der Waals surface area contributed by atoms with Crippen LogP contribution >= 0.6 is 0 Å². The zero-order chi connectivity index (χ0) is 16.5. The Balaban J connectivity index is 1.51. The molecule has 1 aliphatic heterocycles. The van der Waals surface area contributed by atoms with Crippen LogP contribution in [0.4, 0.5) is 8.78 Å². The van der Waals surface area contributed by atoms with E-state index in [2.05, 4.69) is 33.9 Å². The molecule has 2 atom stereocenters. The van der Waals surface area contributed by atoms with Crippen LogP contribution in [0.25, 0.3) is 0 Å². The van der Waals surface area contributed by atoms with Crippen LogP contribution in [0.1, 0.15) is 29.0 Å². The number of hydrogen-bond donors (Lipinski definition) is 0. The van der Waals surface area contributed by atoms with Crippen molar-refractivity contribution in [3.05, 3.63) is 65.2 Å². The Morgan fingerprint density at radius 3 is 2.71 bits per heavy atom. The Morgan fingerprint density at radius 2 is 1.92 bits per heavy atom. The van der Waals surface area contributed by atoms with Gasteiger partial charge in [-0.05, 0) is 53.5 Å². The summed E-state index contributed by atoms with van der Waals surface area (Å²) < 4.78 is 29.4. The molecule has 1 aliphatic carbocycles. The van der Waals surface area contributed by atoms with Crippen LogP contribution in [-0.2, 0) is 13.0 Å². The van der Waals surface area contributed by atoms with Crippen molar-refractivity contribution in [3.63, 3.8) is 0 Å². The molecule has 24 heavy (non-hydrogen) atoms. The van der Waals surface area contributed by atoms with Crippen molar-refractivity contribution in [2.45, 2.75) is 31.9 Å². The highest BCUT2D eigenvalue weighted by molar-refractivity contribution is 5.40. The molecule has 2 unspecified atom stereocenters. The van der Waals surface area contributed by atoms with E-state index in [1.165, 1.54) is 23.1 Å². The third kappa shape index (κ3) is 3.29. The number of benzene rings is 2. The second-order valence-electron chi connectivity index (χ2n) is 6.92. The molecule has 0 radical (unpaired) electrons. The lowest BCUT2D eigenvalue weighted by molar-refractivity contribution is -0.0499. The van der Waals surface area contributed by atoms with E-state index in [0.717, 1.165) is 26.1 Å². The Labute approximate surface area is 141 Å². The molecule has 1 fully saturated rings. The van der Waals surface area contributed by atoms with Gasteiger partial charge in [0.1, 0.15) is 5.75 Å². The van der Waals surface area contributed by atoms with Crippen LogP contribution in [0, 0.1) is 5.92 Å². The van der Waals surface area contributed by atoms with Gasteiger partial charge in [-0.2, -0.15) is 8.78 Å². The van der Waals surface area contributed by atoms with Gasteiger partial charge in [0.25, 0.3) is 0 Å². The standard InChI is InChI=1S/C20H21F2NO/c21-20(22)24-18-6-7-19-16(10-18)8-15-9-17(19)13-23(12-15)11-14-4-2-1-3-5-14/h1-7,10,15,17,20H,8-9,11-13H2. The maximum atomic E-state index is 12.4. The number of hydrogen-bond acceptors (Lipinski definition) is 2. The van der Waals surface area contributed by atoms with Gasteiger partial charge in [0.05, 0.1) is 0 Å². The number of rotatable bonds is 4.